The minimum absolute atomic E-state index is 0.119. The topological polar surface area (TPSA) is 32.3 Å². The molecule has 1 saturated carbocycles. The highest BCUT2D eigenvalue weighted by molar-refractivity contribution is 5.75. The van der Waals surface area contributed by atoms with E-state index in [-0.39, 0.29) is 12.1 Å². The van der Waals surface area contributed by atoms with Gasteiger partial charge in [0.2, 0.25) is 0 Å². The van der Waals surface area contributed by atoms with Crippen molar-refractivity contribution in [3.63, 3.8) is 0 Å². The number of hydrogen-bond acceptors (Lipinski definition) is 1. The molecule has 1 aliphatic heterocycles. The first-order valence-electron chi connectivity index (χ1n) is 7.38. The summed E-state index contributed by atoms with van der Waals surface area (Å²) in [6.45, 7) is 2.89. The van der Waals surface area contributed by atoms with E-state index < -0.39 is 0 Å². The maximum Gasteiger partial charge on any atom is 0.318 e. The second kappa shape index (κ2) is 5.24. The molecular formula is C16H22N2O. The highest BCUT2D eigenvalue weighted by Crippen LogP contribution is 2.24. The van der Waals surface area contributed by atoms with E-state index in [4.69, 9.17) is 0 Å². The van der Waals surface area contributed by atoms with Crippen molar-refractivity contribution in [3.05, 3.63) is 35.4 Å². The predicted octanol–water partition coefficient (Wildman–Crippen LogP) is 3.09. The Balaban J connectivity index is 1.69. The molecule has 19 heavy (non-hydrogen) atoms. The van der Waals surface area contributed by atoms with Crippen LogP contribution < -0.4 is 5.32 Å². The molecule has 1 aromatic rings. The summed E-state index contributed by atoms with van der Waals surface area (Å²) in [4.78, 5) is 14.4. The summed E-state index contributed by atoms with van der Waals surface area (Å²) >= 11 is 0. The molecular weight excluding hydrogens is 236 g/mol. The number of urea groups is 1. The van der Waals surface area contributed by atoms with Crippen LogP contribution in [-0.4, -0.2) is 23.0 Å². The van der Waals surface area contributed by atoms with Crippen molar-refractivity contribution >= 4 is 6.03 Å². The standard InChI is InChI=1S/C16H22N2O/c1-12-10-13-6-2-3-7-14(13)11-18(12)16(19)17-15-8-4-5-9-15/h2-3,6-7,12,15H,4-5,8-11H2,1H3,(H,17,19). The van der Waals surface area contributed by atoms with Gasteiger partial charge in [-0.1, -0.05) is 37.1 Å². The number of benzene rings is 1. The third kappa shape index (κ3) is 2.60. The van der Waals surface area contributed by atoms with E-state index in [0.717, 1.165) is 25.8 Å². The van der Waals surface area contributed by atoms with Crippen molar-refractivity contribution in [3.8, 4) is 0 Å². The lowest BCUT2D eigenvalue weighted by Crippen LogP contribution is -2.49. The van der Waals surface area contributed by atoms with Crippen LogP contribution >= 0.6 is 0 Å². The van der Waals surface area contributed by atoms with Crippen LogP contribution in [0.15, 0.2) is 24.3 Å². The fourth-order valence-electron chi connectivity index (χ4n) is 3.28. The molecule has 0 radical (unpaired) electrons. The summed E-state index contributed by atoms with van der Waals surface area (Å²) in [5, 5.41) is 3.20. The SMILES string of the molecule is CC1Cc2ccccc2CN1C(=O)NC1CCCC1. The quantitative estimate of drug-likeness (QED) is 0.825. The molecule has 1 aliphatic carbocycles. The molecule has 0 saturated heterocycles. The van der Waals surface area contributed by atoms with Gasteiger partial charge in [-0.2, -0.15) is 0 Å². The molecule has 1 heterocycles. The van der Waals surface area contributed by atoms with Gasteiger partial charge in [0.15, 0.2) is 0 Å². The van der Waals surface area contributed by atoms with Crippen LogP contribution in [0.5, 0.6) is 0 Å². The third-order valence-corrected chi connectivity index (χ3v) is 4.45. The highest BCUT2D eigenvalue weighted by Gasteiger charge is 2.28. The van der Waals surface area contributed by atoms with Crippen LogP contribution in [0.3, 0.4) is 0 Å². The number of nitrogens with zero attached hydrogens (tertiary/aromatic N) is 1. The lowest BCUT2D eigenvalue weighted by molar-refractivity contribution is 0.165. The van der Waals surface area contributed by atoms with Crippen molar-refractivity contribution < 1.29 is 4.79 Å². The Morgan fingerprint density at radius 1 is 1.21 bits per heavy atom. The number of amides is 2. The second-order valence-corrected chi connectivity index (χ2v) is 5.88. The summed E-state index contributed by atoms with van der Waals surface area (Å²) in [6.07, 6.45) is 5.76. The Kier molecular flexibility index (Phi) is 3.45. The molecule has 102 valence electrons. The van der Waals surface area contributed by atoms with Crippen LogP contribution in [0, 0.1) is 0 Å². The largest absolute Gasteiger partial charge is 0.335 e. The summed E-state index contributed by atoms with van der Waals surface area (Å²) in [7, 11) is 0. The average Bonchev–Trinajstić information content (AvgIpc) is 2.90. The number of carbonyl (C=O) groups excluding carboxylic acids is 1. The Bertz CT molecular complexity index is 466. The molecule has 1 aromatic carbocycles. The maximum atomic E-state index is 12.4. The minimum atomic E-state index is 0.119. The molecule has 0 aromatic heterocycles. The summed E-state index contributed by atoms with van der Waals surface area (Å²) < 4.78 is 0. The van der Waals surface area contributed by atoms with Crippen LogP contribution in [0.2, 0.25) is 0 Å². The van der Waals surface area contributed by atoms with Crippen molar-refractivity contribution in [2.24, 2.45) is 0 Å². The number of nitrogens with one attached hydrogen (secondary N) is 1. The second-order valence-electron chi connectivity index (χ2n) is 5.88. The van der Waals surface area contributed by atoms with Crippen molar-refractivity contribution in [2.75, 3.05) is 0 Å². The molecule has 1 atom stereocenters. The summed E-state index contributed by atoms with van der Waals surface area (Å²) in [5.74, 6) is 0. The van der Waals surface area contributed by atoms with Crippen LogP contribution in [0.4, 0.5) is 4.79 Å². The molecule has 3 heteroatoms. The summed E-state index contributed by atoms with van der Waals surface area (Å²) in [5.41, 5.74) is 2.68. The molecule has 0 spiro atoms. The van der Waals surface area contributed by atoms with E-state index in [9.17, 15) is 4.79 Å². The molecule has 0 bridgehead atoms. The Morgan fingerprint density at radius 3 is 2.63 bits per heavy atom. The molecule has 1 fully saturated rings. The van der Waals surface area contributed by atoms with Gasteiger partial charge >= 0.3 is 6.03 Å². The first-order chi connectivity index (χ1) is 9.24. The van der Waals surface area contributed by atoms with E-state index >= 15 is 0 Å². The van der Waals surface area contributed by atoms with Gasteiger partial charge in [0.05, 0.1) is 0 Å². The first kappa shape index (κ1) is 12.5. The fraction of sp³-hybridized carbons (Fsp3) is 0.562. The molecule has 3 rings (SSSR count). The van der Waals surface area contributed by atoms with Gasteiger partial charge in [-0.15, -0.1) is 0 Å². The molecule has 1 unspecified atom stereocenters. The summed E-state index contributed by atoms with van der Waals surface area (Å²) in [6, 6.07) is 9.26. The number of hydrogen-bond donors (Lipinski definition) is 1. The fourth-order valence-corrected chi connectivity index (χ4v) is 3.28. The normalized spacial score (nSPS) is 23.2. The van der Waals surface area contributed by atoms with Crippen molar-refractivity contribution in [1.82, 2.24) is 10.2 Å². The zero-order valence-corrected chi connectivity index (χ0v) is 11.6. The lowest BCUT2D eigenvalue weighted by Gasteiger charge is -2.35. The van der Waals surface area contributed by atoms with Crippen LogP contribution in [0.1, 0.15) is 43.7 Å². The number of rotatable bonds is 1. The zero-order chi connectivity index (χ0) is 13.2. The van der Waals surface area contributed by atoms with E-state index in [1.165, 1.54) is 24.0 Å². The Morgan fingerprint density at radius 2 is 1.89 bits per heavy atom. The monoisotopic (exact) mass is 258 g/mol. The van der Waals surface area contributed by atoms with Gasteiger partial charge in [0.1, 0.15) is 0 Å². The van der Waals surface area contributed by atoms with Gasteiger partial charge in [-0.05, 0) is 37.3 Å². The zero-order valence-electron chi connectivity index (χ0n) is 11.6. The van der Waals surface area contributed by atoms with E-state index in [2.05, 4.69) is 36.5 Å². The molecule has 1 N–H and O–H groups in total. The Hall–Kier alpha value is -1.51. The smallest absolute Gasteiger partial charge is 0.318 e. The average molecular weight is 258 g/mol. The van der Waals surface area contributed by atoms with Crippen molar-refractivity contribution in [2.45, 2.75) is 57.7 Å². The highest BCUT2D eigenvalue weighted by atomic mass is 16.2. The van der Waals surface area contributed by atoms with E-state index in [1.807, 2.05) is 4.90 Å². The molecule has 2 aliphatic rings. The van der Waals surface area contributed by atoms with E-state index in [1.54, 1.807) is 0 Å². The number of carbonyl (C=O) groups is 1. The van der Waals surface area contributed by atoms with Gasteiger partial charge < -0.3 is 10.2 Å². The number of fused-ring (bicyclic) bond motifs is 1. The molecule has 3 nitrogen and oxygen atoms in total. The lowest BCUT2D eigenvalue weighted by atomic mass is 9.95. The molecule has 2 amide bonds. The van der Waals surface area contributed by atoms with Gasteiger partial charge in [0.25, 0.3) is 0 Å². The van der Waals surface area contributed by atoms with Gasteiger partial charge in [-0.3, -0.25) is 0 Å². The predicted molar refractivity (Wildman–Crippen MR) is 75.9 cm³/mol. The first-order valence-corrected chi connectivity index (χ1v) is 7.38. The maximum absolute atomic E-state index is 12.4. The van der Waals surface area contributed by atoms with Crippen LogP contribution in [0.25, 0.3) is 0 Å². The third-order valence-electron chi connectivity index (χ3n) is 4.45. The van der Waals surface area contributed by atoms with E-state index in [0.29, 0.717) is 6.04 Å². The van der Waals surface area contributed by atoms with Gasteiger partial charge in [-0.25, -0.2) is 4.79 Å². The van der Waals surface area contributed by atoms with Crippen molar-refractivity contribution in [1.29, 1.82) is 0 Å². The van der Waals surface area contributed by atoms with Crippen LogP contribution in [-0.2, 0) is 13.0 Å². The Labute approximate surface area is 115 Å². The minimum Gasteiger partial charge on any atom is -0.335 e. The van der Waals surface area contributed by atoms with Gasteiger partial charge in [0, 0.05) is 18.6 Å².